The van der Waals surface area contributed by atoms with Crippen LogP contribution < -0.4 is 0 Å². The topological polar surface area (TPSA) is 49.0 Å². The van der Waals surface area contributed by atoms with Gasteiger partial charge in [-0.25, -0.2) is 4.39 Å². The Hall–Kier alpha value is -3.13. The van der Waals surface area contributed by atoms with E-state index in [0.29, 0.717) is 23.1 Å². The summed E-state index contributed by atoms with van der Waals surface area (Å²) < 4.78 is 15.6. The van der Waals surface area contributed by atoms with Gasteiger partial charge in [-0.05, 0) is 48.7 Å². The minimum atomic E-state index is -0.345. The number of carbonyl (C=O) groups excluding carboxylic acids is 1. The number of hydrogen-bond donors (Lipinski definition) is 0. The molecule has 0 radical (unpaired) electrons. The van der Waals surface area contributed by atoms with Crippen molar-refractivity contribution < 1.29 is 9.18 Å². The van der Waals surface area contributed by atoms with Gasteiger partial charge < -0.3 is 9.47 Å². The highest BCUT2D eigenvalue weighted by molar-refractivity contribution is 6.07. The summed E-state index contributed by atoms with van der Waals surface area (Å²) in [5.41, 5.74) is 2.95. The van der Waals surface area contributed by atoms with E-state index in [9.17, 15) is 9.18 Å². The van der Waals surface area contributed by atoms with Gasteiger partial charge in [0.25, 0.3) is 5.91 Å². The van der Waals surface area contributed by atoms with Gasteiger partial charge in [-0.2, -0.15) is 5.26 Å². The van der Waals surface area contributed by atoms with E-state index in [1.165, 1.54) is 12.1 Å². The highest BCUT2D eigenvalue weighted by Gasteiger charge is 2.34. The third kappa shape index (κ3) is 2.95. The monoisotopic (exact) mass is 347 g/mol. The van der Waals surface area contributed by atoms with Crippen LogP contribution in [-0.4, -0.2) is 21.4 Å². The van der Waals surface area contributed by atoms with Gasteiger partial charge in [0.05, 0.1) is 17.2 Å². The summed E-state index contributed by atoms with van der Waals surface area (Å²) in [5.74, 6) is -0.420. The minimum absolute atomic E-state index is 0.0759. The number of benzene rings is 2. The molecule has 1 heterocycles. The van der Waals surface area contributed by atoms with Gasteiger partial charge >= 0.3 is 0 Å². The Morgan fingerprint density at radius 3 is 2.65 bits per heavy atom. The smallest absolute Gasteiger partial charge is 0.256 e. The standard InChI is InChI=1S/C21H18FN3O/c1-24-13-19(18-10-16(22)6-9-20(18)24)21(26)25(17-7-8-17)12-15-4-2-14(11-23)3-5-15/h2-6,9-10,13,17H,7-8,12H2,1H3. The van der Waals surface area contributed by atoms with E-state index in [2.05, 4.69) is 6.07 Å². The fourth-order valence-corrected chi connectivity index (χ4v) is 3.32. The first-order valence-corrected chi connectivity index (χ1v) is 8.61. The van der Waals surface area contributed by atoms with Crippen molar-refractivity contribution in [3.05, 3.63) is 71.2 Å². The van der Waals surface area contributed by atoms with Gasteiger partial charge in [0.2, 0.25) is 0 Å². The fourth-order valence-electron chi connectivity index (χ4n) is 3.32. The van der Waals surface area contributed by atoms with E-state index in [1.54, 1.807) is 24.4 Å². The lowest BCUT2D eigenvalue weighted by molar-refractivity contribution is 0.0731. The molecular weight excluding hydrogens is 329 g/mol. The SMILES string of the molecule is Cn1cc(C(=O)N(Cc2ccc(C#N)cc2)C2CC2)c2cc(F)ccc21. The van der Waals surface area contributed by atoms with E-state index < -0.39 is 0 Å². The first-order chi connectivity index (χ1) is 12.6. The molecule has 5 heteroatoms. The lowest BCUT2D eigenvalue weighted by Crippen LogP contribution is -2.32. The molecule has 0 saturated heterocycles. The molecule has 130 valence electrons. The number of nitrogens with zero attached hydrogens (tertiary/aromatic N) is 3. The molecule has 1 aliphatic carbocycles. The molecule has 1 amide bonds. The van der Waals surface area contributed by atoms with Crippen molar-refractivity contribution in [2.75, 3.05) is 0 Å². The second kappa shape index (κ2) is 6.30. The van der Waals surface area contributed by atoms with E-state index in [1.807, 2.05) is 28.6 Å². The molecule has 3 aromatic rings. The Bertz CT molecular complexity index is 1030. The Balaban J connectivity index is 1.68. The normalized spacial score (nSPS) is 13.6. The Labute approximate surface area is 151 Å². The van der Waals surface area contributed by atoms with Crippen LogP contribution in [-0.2, 0) is 13.6 Å². The summed E-state index contributed by atoms with van der Waals surface area (Å²) in [6, 6.07) is 14.1. The van der Waals surface area contributed by atoms with Crippen molar-refractivity contribution in [1.82, 2.24) is 9.47 Å². The van der Waals surface area contributed by atoms with Crippen LogP contribution in [0.2, 0.25) is 0 Å². The summed E-state index contributed by atoms with van der Waals surface area (Å²) in [7, 11) is 1.86. The van der Waals surface area contributed by atoms with Gasteiger partial charge in [-0.1, -0.05) is 12.1 Å². The van der Waals surface area contributed by atoms with Crippen LogP contribution in [0.25, 0.3) is 10.9 Å². The number of carbonyl (C=O) groups is 1. The highest BCUT2D eigenvalue weighted by atomic mass is 19.1. The molecule has 0 N–H and O–H groups in total. The second-order valence-corrected chi connectivity index (χ2v) is 6.79. The molecule has 0 spiro atoms. The van der Waals surface area contributed by atoms with Crippen LogP contribution in [0.5, 0.6) is 0 Å². The molecule has 0 unspecified atom stereocenters. The van der Waals surface area contributed by atoms with Crippen LogP contribution in [0, 0.1) is 17.1 Å². The van der Waals surface area contributed by atoms with Crippen molar-refractivity contribution in [2.45, 2.75) is 25.4 Å². The Morgan fingerprint density at radius 1 is 1.27 bits per heavy atom. The lowest BCUT2D eigenvalue weighted by Gasteiger charge is -2.22. The molecule has 2 aromatic carbocycles. The maximum Gasteiger partial charge on any atom is 0.256 e. The van der Waals surface area contributed by atoms with Crippen LogP contribution in [0.15, 0.2) is 48.7 Å². The van der Waals surface area contributed by atoms with Crippen LogP contribution in [0.4, 0.5) is 4.39 Å². The summed E-state index contributed by atoms with van der Waals surface area (Å²) in [6.07, 6.45) is 3.75. The van der Waals surface area contributed by atoms with Gasteiger partial charge in [0.1, 0.15) is 5.82 Å². The van der Waals surface area contributed by atoms with Gasteiger partial charge in [-0.3, -0.25) is 4.79 Å². The van der Waals surface area contributed by atoms with Gasteiger partial charge in [-0.15, -0.1) is 0 Å². The molecule has 0 bridgehead atoms. The molecule has 4 nitrogen and oxygen atoms in total. The average molecular weight is 347 g/mol. The predicted octanol–water partition coefficient (Wildman–Crippen LogP) is 3.99. The number of nitriles is 1. The van der Waals surface area contributed by atoms with E-state index in [0.717, 1.165) is 23.9 Å². The molecule has 1 saturated carbocycles. The van der Waals surface area contributed by atoms with Crippen molar-refractivity contribution in [2.24, 2.45) is 7.05 Å². The maximum atomic E-state index is 13.7. The van der Waals surface area contributed by atoms with E-state index in [-0.39, 0.29) is 17.8 Å². The highest BCUT2D eigenvalue weighted by Crippen LogP contribution is 2.32. The summed E-state index contributed by atoms with van der Waals surface area (Å²) in [4.78, 5) is 15.1. The number of aromatic nitrogens is 1. The van der Waals surface area contributed by atoms with Crippen LogP contribution in [0.1, 0.15) is 34.3 Å². The number of fused-ring (bicyclic) bond motifs is 1. The van der Waals surface area contributed by atoms with E-state index in [4.69, 9.17) is 5.26 Å². The zero-order chi connectivity index (χ0) is 18.3. The molecular formula is C21H18FN3O. The fraction of sp³-hybridized carbons (Fsp3) is 0.238. The predicted molar refractivity (Wildman–Crippen MR) is 96.9 cm³/mol. The van der Waals surface area contributed by atoms with E-state index >= 15 is 0 Å². The van der Waals surface area contributed by atoms with Gasteiger partial charge in [0.15, 0.2) is 0 Å². The van der Waals surface area contributed by atoms with Crippen LogP contribution in [0.3, 0.4) is 0 Å². The molecule has 0 atom stereocenters. The molecule has 4 rings (SSSR count). The quantitative estimate of drug-likeness (QED) is 0.716. The first kappa shape index (κ1) is 16.3. The molecule has 26 heavy (non-hydrogen) atoms. The molecule has 1 fully saturated rings. The average Bonchev–Trinajstić information content (AvgIpc) is 3.44. The number of hydrogen-bond acceptors (Lipinski definition) is 2. The maximum absolute atomic E-state index is 13.7. The zero-order valence-electron chi connectivity index (χ0n) is 14.4. The largest absolute Gasteiger partial charge is 0.350 e. The Kier molecular flexibility index (Phi) is 3.96. The molecule has 0 aliphatic heterocycles. The number of amides is 1. The van der Waals surface area contributed by atoms with Crippen molar-refractivity contribution in [1.29, 1.82) is 5.26 Å². The van der Waals surface area contributed by atoms with Crippen molar-refractivity contribution in [3.63, 3.8) is 0 Å². The minimum Gasteiger partial charge on any atom is -0.350 e. The zero-order valence-corrected chi connectivity index (χ0v) is 14.4. The summed E-state index contributed by atoms with van der Waals surface area (Å²) in [6.45, 7) is 0.487. The molecule has 1 aliphatic rings. The number of rotatable bonds is 4. The van der Waals surface area contributed by atoms with Crippen LogP contribution >= 0.6 is 0 Å². The van der Waals surface area contributed by atoms with Gasteiger partial charge in [0, 0.05) is 36.7 Å². The van der Waals surface area contributed by atoms with Crippen molar-refractivity contribution >= 4 is 16.8 Å². The van der Waals surface area contributed by atoms with Crippen molar-refractivity contribution in [3.8, 4) is 6.07 Å². The Morgan fingerprint density at radius 2 is 2.00 bits per heavy atom. The third-order valence-corrected chi connectivity index (χ3v) is 4.87. The number of aryl methyl sites for hydroxylation is 1. The first-order valence-electron chi connectivity index (χ1n) is 8.61. The lowest BCUT2D eigenvalue weighted by atomic mass is 10.1. The number of halogens is 1. The summed E-state index contributed by atoms with van der Waals surface area (Å²) in [5, 5.41) is 9.56. The summed E-state index contributed by atoms with van der Waals surface area (Å²) >= 11 is 0. The third-order valence-electron chi connectivity index (χ3n) is 4.87. The molecule has 1 aromatic heterocycles. The second-order valence-electron chi connectivity index (χ2n) is 6.79.